The van der Waals surface area contributed by atoms with Gasteiger partial charge in [-0.15, -0.1) is 0 Å². The molecule has 0 unspecified atom stereocenters. The van der Waals surface area contributed by atoms with E-state index in [4.69, 9.17) is 4.74 Å². The maximum atomic E-state index is 11.1. The van der Waals surface area contributed by atoms with Crippen LogP contribution in [0.2, 0.25) is 0 Å². The van der Waals surface area contributed by atoms with Gasteiger partial charge < -0.3 is 10.1 Å². The van der Waals surface area contributed by atoms with Crippen LogP contribution >= 0.6 is 0 Å². The molecule has 3 nitrogen and oxygen atoms in total. The molecule has 0 fully saturated rings. The first kappa shape index (κ1) is 8.11. The molecular weight excluding hydrogens is 142 g/mol. The molecule has 1 aliphatic heterocycles. The predicted molar refractivity (Wildman–Crippen MR) is 42.0 cm³/mol. The van der Waals surface area contributed by atoms with E-state index in [2.05, 4.69) is 5.32 Å². The zero-order chi connectivity index (χ0) is 8.10. The van der Waals surface area contributed by atoms with E-state index in [1.807, 2.05) is 13.0 Å². The maximum absolute atomic E-state index is 11.1. The monoisotopic (exact) mass is 155 g/mol. The highest BCUT2D eigenvalue weighted by Gasteiger charge is 2.13. The summed E-state index contributed by atoms with van der Waals surface area (Å²) in [4.78, 5) is 11.1. The molecule has 0 aromatic rings. The Morgan fingerprint density at radius 2 is 2.64 bits per heavy atom. The zero-order valence-corrected chi connectivity index (χ0v) is 6.72. The van der Waals surface area contributed by atoms with Gasteiger partial charge in [-0.1, -0.05) is 6.92 Å². The predicted octanol–water partition coefficient (Wildman–Crippen LogP) is 0.817. The highest BCUT2D eigenvalue weighted by Crippen LogP contribution is 2.08. The molecule has 1 heterocycles. The average Bonchev–Trinajstić information content (AvgIpc) is 2.52. The third-order valence-electron chi connectivity index (χ3n) is 1.46. The van der Waals surface area contributed by atoms with Crippen molar-refractivity contribution in [3.63, 3.8) is 0 Å². The summed E-state index contributed by atoms with van der Waals surface area (Å²) in [6.45, 7) is 3.39. The Kier molecular flexibility index (Phi) is 2.95. The number of carbonyl (C=O) groups is 1. The highest BCUT2D eigenvalue weighted by molar-refractivity contribution is 5.91. The smallest absolute Gasteiger partial charge is 0.286 e. The number of hydrogen-bond donors (Lipinski definition) is 1. The van der Waals surface area contributed by atoms with Gasteiger partial charge in [-0.3, -0.25) is 4.79 Å². The summed E-state index contributed by atoms with van der Waals surface area (Å²) in [6, 6.07) is 0. The Morgan fingerprint density at radius 1 is 1.82 bits per heavy atom. The van der Waals surface area contributed by atoms with Crippen LogP contribution in [0.1, 0.15) is 19.8 Å². The van der Waals surface area contributed by atoms with Gasteiger partial charge in [0, 0.05) is 13.0 Å². The van der Waals surface area contributed by atoms with Crippen LogP contribution in [0, 0.1) is 0 Å². The highest BCUT2D eigenvalue weighted by atomic mass is 16.5. The Balaban J connectivity index is 2.29. The normalized spacial score (nSPS) is 15.5. The maximum Gasteiger partial charge on any atom is 0.286 e. The molecule has 0 bridgehead atoms. The van der Waals surface area contributed by atoms with Crippen molar-refractivity contribution < 1.29 is 9.53 Å². The van der Waals surface area contributed by atoms with Crippen LogP contribution in [0.4, 0.5) is 0 Å². The molecule has 0 spiro atoms. The second kappa shape index (κ2) is 4.01. The summed E-state index contributed by atoms with van der Waals surface area (Å²) < 4.78 is 5.06. The van der Waals surface area contributed by atoms with Crippen molar-refractivity contribution in [1.82, 2.24) is 5.32 Å². The van der Waals surface area contributed by atoms with Gasteiger partial charge in [-0.25, -0.2) is 0 Å². The Labute approximate surface area is 66.4 Å². The summed E-state index contributed by atoms with van der Waals surface area (Å²) in [5, 5.41) is 2.74. The number of ether oxygens (including phenoxy) is 1. The van der Waals surface area contributed by atoms with Crippen LogP contribution < -0.4 is 5.32 Å². The molecule has 0 aromatic heterocycles. The number of carbonyl (C=O) groups excluding carboxylic acids is 1. The van der Waals surface area contributed by atoms with E-state index < -0.39 is 0 Å². The van der Waals surface area contributed by atoms with Crippen molar-refractivity contribution in [2.24, 2.45) is 0 Å². The van der Waals surface area contributed by atoms with Gasteiger partial charge in [-0.2, -0.15) is 0 Å². The van der Waals surface area contributed by atoms with Gasteiger partial charge in [0.25, 0.3) is 5.91 Å². The van der Waals surface area contributed by atoms with E-state index in [9.17, 15) is 4.79 Å². The van der Waals surface area contributed by atoms with E-state index in [1.54, 1.807) is 0 Å². The van der Waals surface area contributed by atoms with Crippen molar-refractivity contribution in [3.8, 4) is 0 Å². The molecular formula is C8H13NO2. The van der Waals surface area contributed by atoms with E-state index >= 15 is 0 Å². The van der Waals surface area contributed by atoms with Crippen LogP contribution in [-0.2, 0) is 9.53 Å². The number of rotatable bonds is 3. The first-order chi connectivity index (χ1) is 5.34. The fraction of sp³-hybridized carbons (Fsp3) is 0.625. The van der Waals surface area contributed by atoms with Crippen LogP contribution in [0.25, 0.3) is 0 Å². The van der Waals surface area contributed by atoms with Crippen molar-refractivity contribution in [3.05, 3.63) is 11.8 Å². The van der Waals surface area contributed by atoms with Gasteiger partial charge in [0.15, 0.2) is 5.76 Å². The third-order valence-corrected chi connectivity index (χ3v) is 1.46. The lowest BCUT2D eigenvalue weighted by atomic mass is 10.4. The second-order valence-corrected chi connectivity index (χ2v) is 2.46. The van der Waals surface area contributed by atoms with Crippen LogP contribution in [0.5, 0.6) is 0 Å². The topological polar surface area (TPSA) is 38.3 Å². The summed E-state index contributed by atoms with van der Waals surface area (Å²) >= 11 is 0. The quantitative estimate of drug-likeness (QED) is 0.655. The summed E-state index contributed by atoms with van der Waals surface area (Å²) in [7, 11) is 0. The Hall–Kier alpha value is -0.990. The SMILES string of the molecule is CCCNC(=O)C1=CCCO1. The zero-order valence-electron chi connectivity index (χ0n) is 6.72. The molecule has 62 valence electrons. The molecule has 0 saturated heterocycles. The van der Waals surface area contributed by atoms with E-state index in [0.717, 1.165) is 19.4 Å². The first-order valence-electron chi connectivity index (χ1n) is 3.95. The largest absolute Gasteiger partial charge is 0.488 e. The van der Waals surface area contributed by atoms with Crippen molar-refractivity contribution in [2.45, 2.75) is 19.8 Å². The second-order valence-electron chi connectivity index (χ2n) is 2.46. The minimum Gasteiger partial charge on any atom is -0.488 e. The lowest BCUT2D eigenvalue weighted by Crippen LogP contribution is -2.25. The van der Waals surface area contributed by atoms with Gasteiger partial charge in [0.2, 0.25) is 0 Å². The van der Waals surface area contributed by atoms with Gasteiger partial charge in [0.05, 0.1) is 6.61 Å². The van der Waals surface area contributed by atoms with E-state index in [1.165, 1.54) is 0 Å². The van der Waals surface area contributed by atoms with Crippen molar-refractivity contribution in [1.29, 1.82) is 0 Å². The van der Waals surface area contributed by atoms with Gasteiger partial charge in [0.1, 0.15) is 0 Å². The number of nitrogens with one attached hydrogen (secondary N) is 1. The van der Waals surface area contributed by atoms with Crippen molar-refractivity contribution in [2.75, 3.05) is 13.2 Å². The molecule has 0 aliphatic carbocycles. The standard InChI is InChI=1S/C8H13NO2/c1-2-5-9-8(10)7-4-3-6-11-7/h4H,2-3,5-6H2,1H3,(H,9,10). The molecule has 11 heavy (non-hydrogen) atoms. The summed E-state index contributed by atoms with van der Waals surface area (Å²) in [6.07, 6.45) is 3.64. The van der Waals surface area contributed by atoms with Crippen molar-refractivity contribution >= 4 is 5.91 Å². The molecule has 1 rings (SSSR count). The van der Waals surface area contributed by atoms with Crippen LogP contribution in [-0.4, -0.2) is 19.1 Å². The fourth-order valence-electron chi connectivity index (χ4n) is 0.902. The molecule has 1 amide bonds. The van der Waals surface area contributed by atoms with Gasteiger partial charge >= 0.3 is 0 Å². The Bertz CT molecular complexity index is 175. The number of hydrogen-bond acceptors (Lipinski definition) is 2. The fourth-order valence-corrected chi connectivity index (χ4v) is 0.902. The first-order valence-corrected chi connectivity index (χ1v) is 3.95. The minimum atomic E-state index is -0.0793. The van der Waals surface area contributed by atoms with E-state index in [-0.39, 0.29) is 5.91 Å². The van der Waals surface area contributed by atoms with Crippen LogP contribution in [0.15, 0.2) is 11.8 Å². The molecule has 1 N–H and O–H groups in total. The molecule has 3 heteroatoms. The number of amides is 1. The molecule has 1 aliphatic rings. The average molecular weight is 155 g/mol. The molecule has 0 saturated carbocycles. The third kappa shape index (κ3) is 2.26. The van der Waals surface area contributed by atoms with E-state index in [0.29, 0.717) is 12.4 Å². The Morgan fingerprint density at radius 3 is 3.18 bits per heavy atom. The van der Waals surface area contributed by atoms with Gasteiger partial charge in [-0.05, 0) is 12.5 Å². The molecule has 0 radical (unpaired) electrons. The lowest BCUT2D eigenvalue weighted by molar-refractivity contribution is -0.120. The molecule has 0 atom stereocenters. The lowest BCUT2D eigenvalue weighted by Gasteiger charge is -2.03. The summed E-state index contributed by atoms with van der Waals surface area (Å²) in [5.74, 6) is 0.405. The van der Waals surface area contributed by atoms with Crippen LogP contribution in [0.3, 0.4) is 0 Å². The minimum absolute atomic E-state index is 0.0793. The molecule has 0 aromatic carbocycles. The summed E-state index contributed by atoms with van der Waals surface area (Å²) in [5.41, 5.74) is 0.